The first-order valence-corrected chi connectivity index (χ1v) is 9.27. The Balaban J connectivity index is 0.00000210. The second-order valence-corrected chi connectivity index (χ2v) is 6.94. The average molecular weight is 385 g/mol. The molecule has 1 aliphatic carbocycles. The van der Waals surface area contributed by atoms with Gasteiger partial charge in [-0.3, -0.25) is 0 Å². The molecule has 6 heteroatoms. The van der Waals surface area contributed by atoms with Crippen LogP contribution in [0.15, 0.2) is 48.5 Å². The van der Waals surface area contributed by atoms with Crippen molar-refractivity contribution in [3.05, 3.63) is 48.5 Å². The molecule has 2 aromatic carbocycles. The summed E-state index contributed by atoms with van der Waals surface area (Å²) < 4.78 is 0. The van der Waals surface area contributed by atoms with Crippen LogP contribution < -0.4 is 10.2 Å². The predicted octanol–water partition coefficient (Wildman–Crippen LogP) is 5.27. The molecule has 1 fully saturated rings. The fourth-order valence-corrected chi connectivity index (χ4v) is 3.67. The summed E-state index contributed by atoms with van der Waals surface area (Å²) >= 11 is 0. The summed E-state index contributed by atoms with van der Waals surface area (Å²) in [6.45, 7) is 0. The van der Waals surface area contributed by atoms with Gasteiger partial charge in [0, 0.05) is 24.2 Å². The zero-order valence-electron chi connectivity index (χ0n) is 15.4. The third-order valence-corrected chi connectivity index (χ3v) is 5.17. The van der Waals surface area contributed by atoms with E-state index in [0.717, 1.165) is 16.9 Å². The van der Waals surface area contributed by atoms with Crippen molar-refractivity contribution in [3.8, 4) is 5.75 Å². The maximum Gasteiger partial charge on any atom is 0.228 e. The van der Waals surface area contributed by atoms with Crippen LogP contribution in [0.4, 0.5) is 17.5 Å². The minimum Gasteiger partial charge on any atom is -0.506 e. The Morgan fingerprint density at radius 2 is 1.70 bits per heavy atom. The normalized spacial score (nSPS) is 14.6. The number of phenolic OH excluding ortho intramolecular Hbond substituents is 1. The van der Waals surface area contributed by atoms with Gasteiger partial charge in [0.15, 0.2) is 0 Å². The Bertz CT molecular complexity index is 897. The summed E-state index contributed by atoms with van der Waals surface area (Å²) in [5.74, 6) is 1.55. The lowest BCUT2D eigenvalue weighted by atomic mass is 9.95. The number of para-hydroxylation sites is 2. The Labute approximate surface area is 165 Å². The van der Waals surface area contributed by atoms with Crippen molar-refractivity contribution in [2.24, 2.45) is 0 Å². The van der Waals surface area contributed by atoms with Gasteiger partial charge >= 0.3 is 0 Å². The number of halogens is 1. The van der Waals surface area contributed by atoms with Crippen molar-refractivity contribution in [2.75, 3.05) is 17.3 Å². The SMILES string of the molecule is CN(c1nc(Nc2ccccc2)c2cccc(O)c2n1)C1CCCCC1.Cl. The van der Waals surface area contributed by atoms with Gasteiger partial charge in [-0.25, -0.2) is 4.98 Å². The summed E-state index contributed by atoms with van der Waals surface area (Å²) in [6, 6.07) is 15.8. The first kappa shape index (κ1) is 19.2. The maximum atomic E-state index is 10.3. The molecular weight excluding hydrogens is 360 g/mol. The Morgan fingerprint density at radius 1 is 0.963 bits per heavy atom. The molecule has 1 aliphatic rings. The monoisotopic (exact) mass is 384 g/mol. The highest BCUT2D eigenvalue weighted by Gasteiger charge is 2.22. The van der Waals surface area contributed by atoms with Gasteiger partial charge in [0.2, 0.25) is 5.95 Å². The molecule has 1 aromatic heterocycles. The van der Waals surface area contributed by atoms with Crippen molar-refractivity contribution in [2.45, 2.75) is 38.1 Å². The number of nitrogens with one attached hydrogen (secondary N) is 1. The van der Waals surface area contributed by atoms with Gasteiger partial charge < -0.3 is 15.3 Å². The fraction of sp³-hybridized carbons (Fsp3) is 0.333. The van der Waals surface area contributed by atoms with E-state index in [0.29, 0.717) is 17.5 Å². The van der Waals surface area contributed by atoms with E-state index in [1.807, 2.05) is 42.5 Å². The third kappa shape index (κ3) is 4.08. The number of benzene rings is 2. The molecular formula is C21H25ClN4O. The third-order valence-electron chi connectivity index (χ3n) is 5.17. The molecule has 5 nitrogen and oxygen atoms in total. The molecule has 142 valence electrons. The summed E-state index contributed by atoms with van der Waals surface area (Å²) in [5.41, 5.74) is 1.54. The molecule has 0 radical (unpaired) electrons. The molecule has 1 saturated carbocycles. The van der Waals surface area contributed by atoms with Crippen LogP contribution >= 0.6 is 12.4 Å². The smallest absolute Gasteiger partial charge is 0.228 e. The number of aromatic nitrogens is 2. The van der Waals surface area contributed by atoms with Gasteiger partial charge in [-0.1, -0.05) is 43.5 Å². The second kappa shape index (κ2) is 8.44. The molecule has 0 spiro atoms. The molecule has 27 heavy (non-hydrogen) atoms. The molecule has 0 amide bonds. The largest absolute Gasteiger partial charge is 0.506 e. The molecule has 0 unspecified atom stereocenters. The summed E-state index contributed by atoms with van der Waals surface area (Å²) in [4.78, 5) is 11.6. The summed E-state index contributed by atoms with van der Waals surface area (Å²) in [5, 5.41) is 14.5. The van der Waals surface area contributed by atoms with Crippen LogP contribution in [-0.2, 0) is 0 Å². The number of fused-ring (bicyclic) bond motifs is 1. The highest BCUT2D eigenvalue weighted by molar-refractivity contribution is 5.95. The van der Waals surface area contributed by atoms with Gasteiger partial charge in [-0.15, -0.1) is 12.4 Å². The highest BCUT2D eigenvalue weighted by atomic mass is 35.5. The van der Waals surface area contributed by atoms with Gasteiger partial charge in [-0.2, -0.15) is 4.98 Å². The standard InChI is InChI=1S/C21H24N4O.ClH/c1-25(16-11-6-3-7-12-16)21-23-19-17(13-8-14-18(19)26)20(24-21)22-15-9-4-2-5-10-15;/h2,4-5,8-10,13-14,16,26H,3,6-7,11-12H2,1H3,(H,22,23,24);1H. The van der Waals surface area contributed by atoms with Gasteiger partial charge in [0.1, 0.15) is 17.1 Å². The molecule has 4 rings (SSSR count). The van der Waals surface area contributed by atoms with Crippen molar-refractivity contribution >= 4 is 40.8 Å². The number of nitrogens with zero attached hydrogens (tertiary/aromatic N) is 3. The van der Waals surface area contributed by atoms with Crippen LogP contribution in [0.3, 0.4) is 0 Å². The van der Waals surface area contributed by atoms with Crippen LogP contribution in [-0.4, -0.2) is 28.2 Å². The summed E-state index contributed by atoms with van der Waals surface area (Å²) in [6.07, 6.45) is 6.15. The van der Waals surface area contributed by atoms with Crippen LogP contribution in [0.1, 0.15) is 32.1 Å². The number of rotatable bonds is 4. The van der Waals surface area contributed by atoms with Crippen molar-refractivity contribution in [1.29, 1.82) is 0 Å². The Hall–Kier alpha value is -2.53. The number of hydrogen-bond donors (Lipinski definition) is 2. The van der Waals surface area contributed by atoms with E-state index in [9.17, 15) is 5.11 Å². The van der Waals surface area contributed by atoms with Gasteiger partial charge in [0.25, 0.3) is 0 Å². The number of phenols is 1. The van der Waals surface area contributed by atoms with E-state index in [1.165, 1.54) is 32.1 Å². The minimum absolute atomic E-state index is 0. The zero-order chi connectivity index (χ0) is 17.9. The lowest BCUT2D eigenvalue weighted by Crippen LogP contribution is -2.34. The lowest BCUT2D eigenvalue weighted by Gasteiger charge is -2.31. The molecule has 0 saturated heterocycles. The minimum atomic E-state index is 0. The van der Waals surface area contributed by atoms with E-state index in [4.69, 9.17) is 4.98 Å². The Kier molecular flexibility index (Phi) is 6.01. The van der Waals surface area contributed by atoms with E-state index >= 15 is 0 Å². The molecule has 0 bridgehead atoms. The number of hydrogen-bond acceptors (Lipinski definition) is 5. The molecule has 0 aliphatic heterocycles. The van der Waals surface area contributed by atoms with Crippen LogP contribution in [0.25, 0.3) is 10.9 Å². The molecule has 1 heterocycles. The zero-order valence-corrected chi connectivity index (χ0v) is 16.2. The van der Waals surface area contributed by atoms with E-state index in [2.05, 4.69) is 22.2 Å². The van der Waals surface area contributed by atoms with Crippen molar-refractivity contribution in [3.63, 3.8) is 0 Å². The van der Waals surface area contributed by atoms with E-state index < -0.39 is 0 Å². The second-order valence-electron chi connectivity index (χ2n) is 6.94. The number of anilines is 3. The first-order chi connectivity index (χ1) is 12.7. The quantitative estimate of drug-likeness (QED) is 0.641. The van der Waals surface area contributed by atoms with Crippen LogP contribution in [0.2, 0.25) is 0 Å². The van der Waals surface area contributed by atoms with Crippen molar-refractivity contribution < 1.29 is 5.11 Å². The molecule has 3 aromatic rings. The van der Waals surface area contributed by atoms with Crippen LogP contribution in [0.5, 0.6) is 5.75 Å². The molecule has 2 N–H and O–H groups in total. The van der Waals surface area contributed by atoms with Gasteiger partial charge in [-0.05, 0) is 37.1 Å². The van der Waals surface area contributed by atoms with E-state index in [-0.39, 0.29) is 18.2 Å². The van der Waals surface area contributed by atoms with Crippen molar-refractivity contribution in [1.82, 2.24) is 9.97 Å². The highest BCUT2D eigenvalue weighted by Crippen LogP contribution is 2.32. The molecule has 0 atom stereocenters. The average Bonchev–Trinajstić information content (AvgIpc) is 2.69. The van der Waals surface area contributed by atoms with Crippen LogP contribution in [0, 0.1) is 0 Å². The fourth-order valence-electron chi connectivity index (χ4n) is 3.67. The maximum absolute atomic E-state index is 10.3. The number of aromatic hydroxyl groups is 1. The van der Waals surface area contributed by atoms with E-state index in [1.54, 1.807) is 6.07 Å². The predicted molar refractivity (Wildman–Crippen MR) is 113 cm³/mol. The lowest BCUT2D eigenvalue weighted by molar-refractivity contribution is 0.424. The topological polar surface area (TPSA) is 61.3 Å². The Morgan fingerprint density at radius 3 is 2.44 bits per heavy atom. The van der Waals surface area contributed by atoms with Gasteiger partial charge in [0.05, 0.1) is 0 Å². The summed E-state index contributed by atoms with van der Waals surface area (Å²) in [7, 11) is 2.06. The first-order valence-electron chi connectivity index (χ1n) is 9.27.